The van der Waals surface area contributed by atoms with Crippen LogP contribution in [0, 0.1) is 11.7 Å². The topological polar surface area (TPSA) is 12.0 Å². The lowest BCUT2D eigenvalue weighted by molar-refractivity contribution is 0.527. The quantitative estimate of drug-likeness (QED) is 0.729. The number of benzene rings is 2. The van der Waals surface area contributed by atoms with Crippen LogP contribution >= 0.6 is 15.9 Å². The van der Waals surface area contributed by atoms with Gasteiger partial charge in [0.1, 0.15) is 5.82 Å². The van der Waals surface area contributed by atoms with Crippen molar-refractivity contribution in [2.75, 3.05) is 5.32 Å². The summed E-state index contributed by atoms with van der Waals surface area (Å²) in [6, 6.07) is 15.4. The molecule has 106 valence electrons. The molecule has 0 aliphatic heterocycles. The van der Waals surface area contributed by atoms with Crippen LogP contribution in [0.2, 0.25) is 0 Å². The molecule has 1 atom stereocenters. The Bertz CT molecular complexity index is 554. The molecule has 0 radical (unpaired) electrons. The summed E-state index contributed by atoms with van der Waals surface area (Å²) in [4.78, 5) is 0. The minimum atomic E-state index is -0.232. The number of hydrogen-bond donors (Lipinski definition) is 1. The maximum Gasteiger partial charge on any atom is 0.147 e. The highest BCUT2D eigenvalue weighted by atomic mass is 79.9. The molecular formula is C17H19BrFN. The summed E-state index contributed by atoms with van der Waals surface area (Å²) >= 11 is 3.28. The SMILES string of the molecule is CC(C)CC(Nc1ccc(Br)cc1F)c1ccccc1. The monoisotopic (exact) mass is 335 g/mol. The van der Waals surface area contributed by atoms with Crippen LogP contribution < -0.4 is 5.32 Å². The summed E-state index contributed by atoms with van der Waals surface area (Å²) in [6.07, 6.45) is 0.958. The van der Waals surface area contributed by atoms with E-state index in [1.54, 1.807) is 6.07 Å². The Labute approximate surface area is 128 Å². The number of anilines is 1. The fraction of sp³-hybridized carbons (Fsp3) is 0.294. The summed E-state index contributed by atoms with van der Waals surface area (Å²) in [5.74, 6) is 0.301. The van der Waals surface area contributed by atoms with Crippen molar-refractivity contribution in [3.05, 3.63) is 64.4 Å². The molecule has 0 aromatic heterocycles. The molecule has 3 heteroatoms. The fourth-order valence-electron chi connectivity index (χ4n) is 2.23. The first-order valence-corrected chi connectivity index (χ1v) is 7.62. The van der Waals surface area contributed by atoms with Crippen LogP contribution in [0.1, 0.15) is 31.9 Å². The Kier molecular flexibility index (Phi) is 5.18. The zero-order valence-corrected chi connectivity index (χ0v) is 13.3. The van der Waals surface area contributed by atoms with E-state index in [4.69, 9.17) is 0 Å². The van der Waals surface area contributed by atoms with Crippen molar-refractivity contribution < 1.29 is 4.39 Å². The van der Waals surface area contributed by atoms with E-state index in [0.717, 1.165) is 10.9 Å². The molecule has 0 aliphatic carbocycles. The maximum absolute atomic E-state index is 14.0. The van der Waals surface area contributed by atoms with Gasteiger partial charge >= 0.3 is 0 Å². The van der Waals surface area contributed by atoms with Crippen molar-refractivity contribution in [1.29, 1.82) is 0 Å². The van der Waals surface area contributed by atoms with Gasteiger partial charge in [0.2, 0.25) is 0 Å². The number of rotatable bonds is 5. The molecule has 2 aromatic rings. The summed E-state index contributed by atoms with van der Waals surface area (Å²) in [7, 11) is 0. The zero-order valence-electron chi connectivity index (χ0n) is 11.7. The average molecular weight is 336 g/mol. The van der Waals surface area contributed by atoms with Crippen molar-refractivity contribution in [2.45, 2.75) is 26.3 Å². The predicted molar refractivity (Wildman–Crippen MR) is 86.4 cm³/mol. The Balaban J connectivity index is 2.24. The lowest BCUT2D eigenvalue weighted by Gasteiger charge is -2.22. The van der Waals surface area contributed by atoms with E-state index in [1.807, 2.05) is 24.3 Å². The lowest BCUT2D eigenvalue weighted by Crippen LogP contribution is -2.14. The van der Waals surface area contributed by atoms with Gasteiger partial charge in [-0.1, -0.05) is 60.1 Å². The number of hydrogen-bond acceptors (Lipinski definition) is 1. The van der Waals surface area contributed by atoms with Gasteiger partial charge in [0, 0.05) is 4.47 Å². The van der Waals surface area contributed by atoms with Gasteiger partial charge in [-0.05, 0) is 36.1 Å². The molecule has 0 saturated heterocycles. The average Bonchev–Trinajstić information content (AvgIpc) is 2.41. The molecule has 20 heavy (non-hydrogen) atoms. The number of halogens is 2. The van der Waals surface area contributed by atoms with Gasteiger partial charge in [-0.15, -0.1) is 0 Å². The third-order valence-corrected chi connectivity index (χ3v) is 3.66. The van der Waals surface area contributed by atoms with Crippen LogP contribution in [0.5, 0.6) is 0 Å². The lowest BCUT2D eigenvalue weighted by atomic mass is 9.96. The van der Waals surface area contributed by atoms with Crippen LogP contribution in [-0.2, 0) is 0 Å². The van der Waals surface area contributed by atoms with Crippen molar-refractivity contribution in [3.8, 4) is 0 Å². The summed E-state index contributed by atoms with van der Waals surface area (Å²) < 4.78 is 14.7. The Morgan fingerprint density at radius 3 is 2.40 bits per heavy atom. The van der Waals surface area contributed by atoms with E-state index in [2.05, 4.69) is 47.2 Å². The standard InChI is InChI=1S/C17H19BrFN/c1-12(2)10-17(13-6-4-3-5-7-13)20-16-9-8-14(18)11-15(16)19/h3-9,11-12,17,20H,10H2,1-2H3. The third-order valence-electron chi connectivity index (χ3n) is 3.17. The molecule has 0 fully saturated rings. The van der Waals surface area contributed by atoms with Crippen molar-refractivity contribution in [3.63, 3.8) is 0 Å². The molecule has 0 aliphatic rings. The van der Waals surface area contributed by atoms with Gasteiger partial charge in [0.25, 0.3) is 0 Å². The van der Waals surface area contributed by atoms with Crippen LogP contribution in [0.4, 0.5) is 10.1 Å². The smallest absolute Gasteiger partial charge is 0.147 e. The van der Waals surface area contributed by atoms with Crippen molar-refractivity contribution in [1.82, 2.24) is 0 Å². The van der Waals surface area contributed by atoms with Crippen LogP contribution in [0.15, 0.2) is 53.0 Å². The zero-order chi connectivity index (χ0) is 14.5. The number of nitrogens with one attached hydrogen (secondary N) is 1. The normalized spacial score (nSPS) is 12.4. The highest BCUT2D eigenvalue weighted by Gasteiger charge is 2.15. The molecule has 1 nitrogen and oxygen atoms in total. The van der Waals surface area contributed by atoms with E-state index in [0.29, 0.717) is 11.6 Å². The fourth-order valence-corrected chi connectivity index (χ4v) is 2.56. The van der Waals surface area contributed by atoms with Crippen LogP contribution in [0.25, 0.3) is 0 Å². The van der Waals surface area contributed by atoms with E-state index >= 15 is 0 Å². The minimum absolute atomic E-state index is 0.117. The Hall–Kier alpha value is -1.35. The Morgan fingerprint density at radius 2 is 1.80 bits per heavy atom. The second kappa shape index (κ2) is 6.89. The van der Waals surface area contributed by atoms with E-state index in [-0.39, 0.29) is 11.9 Å². The van der Waals surface area contributed by atoms with Gasteiger partial charge in [0.05, 0.1) is 11.7 Å². The molecule has 2 rings (SSSR count). The minimum Gasteiger partial charge on any atom is -0.376 e. The van der Waals surface area contributed by atoms with Gasteiger partial charge in [-0.2, -0.15) is 0 Å². The molecule has 0 saturated carbocycles. The summed E-state index contributed by atoms with van der Waals surface area (Å²) in [5.41, 5.74) is 1.73. The molecule has 1 N–H and O–H groups in total. The second-order valence-electron chi connectivity index (χ2n) is 5.36. The first-order valence-electron chi connectivity index (χ1n) is 6.83. The van der Waals surface area contributed by atoms with Crippen LogP contribution in [-0.4, -0.2) is 0 Å². The molecule has 0 amide bonds. The van der Waals surface area contributed by atoms with Gasteiger partial charge in [-0.25, -0.2) is 4.39 Å². The van der Waals surface area contributed by atoms with E-state index < -0.39 is 0 Å². The molecular weight excluding hydrogens is 317 g/mol. The third kappa shape index (κ3) is 4.07. The highest BCUT2D eigenvalue weighted by Crippen LogP contribution is 2.28. The first-order chi connectivity index (χ1) is 9.56. The predicted octanol–water partition coefficient (Wildman–Crippen LogP) is 5.79. The molecule has 0 spiro atoms. The summed E-state index contributed by atoms with van der Waals surface area (Å²) in [6.45, 7) is 4.35. The van der Waals surface area contributed by atoms with E-state index in [1.165, 1.54) is 11.6 Å². The van der Waals surface area contributed by atoms with Gasteiger partial charge in [0.15, 0.2) is 0 Å². The molecule has 2 aromatic carbocycles. The molecule has 0 bridgehead atoms. The first kappa shape index (κ1) is 15.0. The largest absolute Gasteiger partial charge is 0.376 e. The second-order valence-corrected chi connectivity index (χ2v) is 6.28. The molecule has 1 unspecified atom stereocenters. The highest BCUT2D eigenvalue weighted by molar-refractivity contribution is 9.10. The molecule has 0 heterocycles. The van der Waals surface area contributed by atoms with Crippen molar-refractivity contribution >= 4 is 21.6 Å². The van der Waals surface area contributed by atoms with Gasteiger partial charge in [-0.3, -0.25) is 0 Å². The van der Waals surface area contributed by atoms with E-state index in [9.17, 15) is 4.39 Å². The van der Waals surface area contributed by atoms with Crippen LogP contribution in [0.3, 0.4) is 0 Å². The van der Waals surface area contributed by atoms with Crippen molar-refractivity contribution in [2.24, 2.45) is 5.92 Å². The summed E-state index contributed by atoms with van der Waals surface area (Å²) in [5, 5.41) is 3.33. The Morgan fingerprint density at radius 1 is 1.10 bits per heavy atom. The van der Waals surface area contributed by atoms with Gasteiger partial charge < -0.3 is 5.32 Å². The maximum atomic E-state index is 14.0.